The lowest BCUT2D eigenvalue weighted by atomic mass is 10.1. The molecule has 0 aromatic carbocycles. The Labute approximate surface area is 87.3 Å². The smallest absolute Gasteiger partial charge is 0.0113 e. The van der Waals surface area contributed by atoms with Gasteiger partial charge in [-0.2, -0.15) is 11.1 Å². The SMILES string of the molecule is CCCCCCCCNNNN.Cl. The number of hydrazine groups is 3. The van der Waals surface area contributed by atoms with Gasteiger partial charge in [0, 0.05) is 6.54 Å². The molecule has 0 spiro atoms. The van der Waals surface area contributed by atoms with Gasteiger partial charge in [0.25, 0.3) is 0 Å². The molecule has 4 nitrogen and oxygen atoms in total. The molecule has 0 fully saturated rings. The first-order valence-corrected chi connectivity index (χ1v) is 4.85. The van der Waals surface area contributed by atoms with E-state index in [4.69, 9.17) is 5.84 Å². The van der Waals surface area contributed by atoms with Crippen molar-refractivity contribution >= 4 is 12.4 Å². The zero-order chi connectivity index (χ0) is 9.07. The van der Waals surface area contributed by atoms with Crippen LogP contribution >= 0.6 is 12.4 Å². The molecule has 5 heteroatoms. The molecule has 0 saturated carbocycles. The predicted molar refractivity (Wildman–Crippen MR) is 59.1 cm³/mol. The molecule has 0 radical (unpaired) electrons. The molecule has 0 bridgehead atoms. The van der Waals surface area contributed by atoms with Crippen molar-refractivity contribution < 1.29 is 0 Å². The first-order valence-electron chi connectivity index (χ1n) is 4.85. The lowest BCUT2D eigenvalue weighted by Crippen LogP contribution is -2.47. The Morgan fingerprint density at radius 3 is 2.23 bits per heavy atom. The van der Waals surface area contributed by atoms with Crippen LogP contribution < -0.4 is 22.3 Å². The van der Waals surface area contributed by atoms with Gasteiger partial charge in [-0.25, -0.2) is 5.43 Å². The van der Waals surface area contributed by atoms with Crippen LogP contribution in [0.4, 0.5) is 0 Å². The number of hydrogen-bond acceptors (Lipinski definition) is 4. The van der Waals surface area contributed by atoms with E-state index in [2.05, 4.69) is 23.4 Å². The van der Waals surface area contributed by atoms with E-state index in [0.717, 1.165) is 6.54 Å². The molecule has 0 aliphatic heterocycles. The van der Waals surface area contributed by atoms with Crippen LogP contribution in [0.3, 0.4) is 0 Å². The summed E-state index contributed by atoms with van der Waals surface area (Å²) >= 11 is 0. The van der Waals surface area contributed by atoms with Gasteiger partial charge in [-0.1, -0.05) is 39.0 Å². The first-order chi connectivity index (χ1) is 5.91. The van der Waals surface area contributed by atoms with Crippen molar-refractivity contribution in [2.75, 3.05) is 6.54 Å². The van der Waals surface area contributed by atoms with E-state index in [1.807, 2.05) is 0 Å². The molecule has 0 aliphatic carbocycles. The highest BCUT2D eigenvalue weighted by atomic mass is 35.5. The molecule has 13 heavy (non-hydrogen) atoms. The van der Waals surface area contributed by atoms with Crippen LogP contribution in [0.25, 0.3) is 0 Å². The van der Waals surface area contributed by atoms with Gasteiger partial charge in [0.1, 0.15) is 0 Å². The maximum Gasteiger partial charge on any atom is 0.0113 e. The fraction of sp³-hybridized carbons (Fsp3) is 1.00. The fourth-order valence-corrected chi connectivity index (χ4v) is 1.11. The summed E-state index contributed by atoms with van der Waals surface area (Å²) < 4.78 is 0. The molecule has 0 aromatic heterocycles. The monoisotopic (exact) mass is 210 g/mol. The molecule has 0 saturated heterocycles. The third-order valence-corrected chi connectivity index (χ3v) is 1.82. The fourth-order valence-electron chi connectivity index (χ4n) is 1.11. The Bertz CT molecular complexity index is 72.5. The Morgan fingerprint density at radius 2 is 1.62 bits per heavy atom. The minimum Gasteiger partial charge on any atom is -0.257 e. The number of unbranched alkanes of at least 4 members (excludes halogenated alkanes) is 5. The Hall–Kier alpha value is 0.130. The van der Waals surface area contributed by atoms with Gasteiger partial charge in [-0.15, -0.1) is 12.4 Å². The topological polar surface area (TPSA) is 62.1 Å². The second-order valence-electron chi connectivity index (χ2n) is 2.96. The molecule has 0 heterocycles. The summed E-state index contributed by atoms with van der Waals surface area (Å²) in [5, 5.41) is 0. The van der Waals surface area contributed by atoms with Gasteiger partial charge in [0.15, 0.2) is 0 Å². The van der Waals surface area contributed by atoms with Gasteiger partial charge >= 0.3 is 0 Å². The minimum absolute atomic E-state index is 0. The zero-order valence-electron chi connectivity index (χ0n) is 8.44. The Morgan fingerprint density at radius 1 is 1.00 bits per heavy atom. The maximum absolute atomic E-state index is 4.99. The van der Waals surface area contributed by atoms with Crippen LogP contribution in [0.15, 0.2) is 0 Å². The molecule has 82 valence electrons. The number of nitrogens with one attached hydrogen (secondary N) is 3. The quantitative estimate of drug-likeness (QED) is 0.263. The average Bonchev–Trinajstić information content (AvgIpc) is 2.10. The highest BCUT2D eigenvalue weighted by molar-refractivity contribution is 5.85. The lowest BCUT2D eigenvalue weighted by Gasteiger charge is -2.04. The molecule has 0 atom stereocenters. The standard InChI is InChI=1S/C8H22N4.ClH/c1-2-3-4-5-6-7-8-10-12-11-9;/h10-12H,2-9H2,1H3;1H. The van der Waals surface area contributed by atoms with Crippen molar-refractivity contribution in [1.29, 1.82) is 0 Å². The summed E-state index contributed by atoms with van der Waals surface area (Å²) in [7, 11) is 0. The van der Waals surface area contributed by atoms with Crippen molar-refractivity contribution in [1.82, 2.24) is 16.5 Å². The third-order valence-electron chi connectivity index (χ3n) is 1.82. The summed E-state index contributed by atoms with van der Waals surface area (Å²) in [5.41, 5.74) is 7.89. The Kier molecular flexibility index (Phi) is 17.6. The summed E-state index contributed by atoms with van der Waals surface area (Å²) in [4.78, 5) is 0. The van der Waals surface area contributed by atoms with Crippen molar-refractivity contribution in [2.45, 2.75) is 45.4 Å². The van der Waals surface area contributed by atoms with Gasteiger partial charge in [0.2, 0.25) is 0 Å². The summed E-state index contributed by atoms with van der Waals surface area (Å²) in [6.45, 7) is 3.20. The van der Waals surface area contributed by atoms with Crippen LogP contribution in [0.2, 0.25) is 0 Å². The summed E-state index contributed by atoms with van der Waals surface area (Å²) in [6, 6.07) is 0. The van der Waals surface area contributed by atoms with E-state index in [0.29, 0.717) is 0 Å². The van der Waals surface area contributed by atoms with E-state index >= 15 is 0 Å². The third kappa shape index (κ3) is 14.9. The maximum atomic E-state index is 4.99. The van der Waals surface area contributed by atoms with Crippen molar-refractivity contribution in [3.8, 4) is 0 Å². The lowest BCUT2D eigenvalue weighted by molar-refractivity contribution is 0.432. The largest absolute Gasteiger partial charge is 0.257 e. The van der Waals surface area contributed by atoms with Crippen molar-refractivity contribution in [3.05, 3.63) is 0 Å². The Balaban J connectivity index is 0. The highest BCUT2D eigenvalue weighted by Gasteiger charge is 1.88. The number of nitrogens with two attached hydrogens (primary N) is 1. The normalized spacial score (nSPS) is 9.69. The molecule has 0 unspecified atom stereocenters. The average molecular weight is 211 g/mol. The highest BCUT2D eigenvalue weighted by Crippen LogP contribution is 2.03. The van der Waals surface area contributed by atoms with Crippen LogP contribution in [-0.4, -0.2) is 6.54 Å². The second-order valence-corrected chi connectivity index (χ2v) is 2.96. The van der Waals surface area contributed by atoms with Gasteiger partial charge < -0.3 is 0 Å². The van der Waals surface area contributed by atoms with Crippen LogP contribution in [0.5, 0.6) is 0 Å². The van der Waals surface area contributed by atoms with E-state index in [1.165, 1.54) is 38.5 Å². The minimum atomic E-state index is 0. The van der Waals surface area contributed by atoms with Gasteiger partial charge in [0.05, 0.1) is 0 Å². The molecule has 0 rings (SSSR count). The van der Waals surface area contributed by atoms with Crippen LogP contribution in [-0.2, 0) is 0 Å². The summed E-state index contributed by atoms with van der Waals surface area (Å²) in [5.74, 6) is 4.99. The van der Waals surface area contributed by atoms with Crippen molar-refractivity contribution in [3.63, 3.8) is 0 Å². The molecule has 5 N–H and O–H groups in total. The molecule has 0 aliphatic rings. The molecular weight excluding hydrogens is 188 g/mol. The van der Waals surface area contributed by atoms with Crippen LogP contribution in [0.1, 0.15) is 45.4 Å². The molecule has 0 amide bonds. The molecular formula is C8H23ClN4. The van der Waals surface area contributed by atoms with Crippen molar-refractivity contribution in [2.24, 2.45) is 5.84 Å². The van der Waals surface area contributed by atoms with E-state index in [-0.39, 0.29) is 12.4 Å². The van der Waals surface area contributed by atoms with E-state index in [9.17, 15) is 0 Å². The number of halogens is 1. The number of rotatable bonds is 9. The van der Waals surface area contributed by atoms with E-state index in [1.54, 1.807) is 0 Å². The van der Waals surface area contributed by atoms with E-state index < -0.39 is 0 Å². The predicted octanol–water partition coefficient (Wildman–Crippen LogP) is 1.24. The van der Waals surface area contributed by atoms with Gasteiger partial charge in [-0.3, -0.25) is 5.84 Å². The number of hydrogen-bond donors (Lipinski definition) is 4. The van der Waals surface area contributed by atoms with Gasteiger partial charge in [-0.05, 0) is 6.42 Å². The molecule has 0 aromatic rings. The van der Waals surface area contributed by atoms with Crippen LogP contribution in [0, 0.1) is 0 Å². The second kappa shape index (κ2) is 14.6. The zero-order valence-corrected chi connectivity index (χ0v) is 9.25. The summed E-state index contributed by atoms with van der Waals surface area (Å²) in [6.07, 6.45) is 7.93. The first kappa shape index (κ1) is 15.6.